The SMILES string of the molecule is Cc1ccc(-c2nnc3s/c(=C\c4ccc(Cl)cc4Cl)c(=O)n23)cc1. The van der Waals surface area contributed by atoms with Crippen molar-refractivity contribution in [3.8, 4) is 11.4 Å². The summed E-state index contributed by atoms with van der Waals surface area (Å²) in [6.07, 6.45) is 1.75. The summed E-state index contributed by atoms with van der Waals surface area (Å²) in [7, 11) is 0. The Labute approximate surface area is 157 Å². The van der Waals surface area contributed by atoms with E-state index in [9.17, 15) is 4.79 Å². The molecule has 0 N–H and O–H groups in total. The Kier molecular flexibility index (Phi) is 4.07. The van der Waals surface area contributed by atoms with Crippen molar-refractivity contribution in [3.63, 3.8) is 0 Å². The van der Waals surface area contributed by atoms with Crippen LogP contribution in [-0.4, -0.2) is 14.6 Å². The number of aryl methyl sites for hydroxylation is 1. The van der Waals surface area contributed by atoms with Crippen LogP contribution >= 0.6 is 34.5 Å². The van der Waals surface area contributed by atoms with Crippen LogP contribution in [0.3, 0.4) is 0 Å². The molecule has 0 spiro atoms. The van der Waals surface area contributed by atoms with E-state index in [0.29, 0.717) is 25.4 Å². The monoisotopic (exact) mass is 387 g/mol. The number of thiazole rings is 1. The third kappa shape index (κ3) is 2.95. The lowest BCUT2D eigenvalue weighted by Gasteiger charge is -1.98. The van der Waals surface area contributed by atoms with Crippen molar-refractivity contribution in [2.24, 2.45) is 0 Å². The van der Waals surface area contributed by atoms with Gasteiger partial charge in [-0.15, -0.1) is 10.2 Å². The molecule has 0 unspecified atom stereocenters. The van der Waals surface area contributed by atoms with Gasteiger partial charge in [0.1, 0.15) is 0 Å². The second-order valence-electron chi connectivity index (χ2n) is 5.59. The minimum atomic E-state index is -0.161. The fourth-order valence-corrected chi connectivity index (χ4v) is 3.88. The summed E-state index contributed by atoms with van der Waals surface area (Å²) in [5, 5.41) is 9.34. The summed E-state index contributed by atoms with van der Waals surface area (Å²) in [5.74, 6) is 0.540. The third-order valence-corrected chi connectivity index (χ3v) is 5.33. The summed E-state index contributed by atoms with van der Waals surface area (Å²) in [6.45, 7) is 2.01. The van der Waals surface area contributed by atoms with Crippen molar-refractivity contribution >= 4 is 45.6 Å². The first-order valence-corrected chi connectivity index (χ1v) is 9.02. The van der Waals surface area contributed by atoms with E-state index in [0.717, 1.165) is 16.7 Å². The predicted molar refractivity (Wildman–Crippen MR) is 103 cm³/mol. The largest absolute Gasteiger partial charge is 0.276 e. The Morgan fingerprint density at radius 3 is 2.56 bits per heavy atom. The molecular formula is C18H11Cl2N3OS. The van der Waals surface area contributed by atoms with Crippen LogP contribution in [0.25, 0.3) is 22.4 Å². The van der Waals surface area contributed by atoms with Crippen LogP contribution in [0.4, 0.5) is 0 Å². The lowest BCUT2D eigenvalue weighted by molar-refractivity contribution is 1.09. The first kappa shape index (κ1) is 16.3. The van der Waals surface area contributed by atoms with Gasteiger partial charge in [0, 0.05) is 15.6 Å². The number of nitrogens with zero attached hydrogens (tertiary/aromatic N) is 3. The molecule has 0 aliphatic rings. The van der Waals surface area contributed by atoms with Crippen LogP contribution in [0.2, 0.25) is 10.0 Å². The van der Waals surface area contributed by atoms with Gasteiger partial charge in [0.2, 0.25) is 4.96 Å². The molecule has 0 saturated heterocycles. The zero-order valence-electron chi connectivity index (χ0n) is 13.0. The van der Waals surface area contributed by atoms with E-state index in [1.807, 2.05) is 31.2 Å². The number of rotatable bonds is 2. The number of fused-ring (bicyclic) bond motifs is 1. The molecular weight excluding hydrogens is 377 g/mol. The van der Waals surface area contributed by atoms with Crippen molar-refractivity contribution in [2.75, 3.05) is 0 Å². The quantitative estimate of drug-likeness (QED) is 0.522. The molecule has 2 aromatic carbocycles. The average molecular weight is 388 g/mol. The van der Waals surface area contributed by atoms with Crippen molar-refractivity contribution in [1.29, 1.82) is 0 Å². The van der Waals surface area contributed by atoms with Gasteiger partial charge in [-0.1, -0.05) is 70.4 Å². The van der Waals surface area contributed by atoms with Gasteiger partial charge in [-0.2, -0.15) is 0 Å². The standard InChI is InChI=1S/C18H11Cl2N3OS/c1-10-2-4-11(5-3-10)16-21-22-18-23(16)17(24)15(25-18)8-12-6-7-13(19)9-14(12)20/h2-9H,1H3/b15-8-. The van der Waals surface area contributed by atoms with Crippen LogP contribution in [0.1, 0.15) is 11.1 Å². The first-order chi connectivity index (χ1) is 12.0. The van der Waals surface area contributed by atoms with Gasteiger partial charge in [-0.05, 0) is 30.7 Å². The Morgan fingerprint density at radius 1 is 1.08 bits per heavy atom. The molecule has 0 saturated carbocycles. The van der Waals surface area contributed by atoms with E-state index < -0.39 is 0 Å². The molecule has 25 heavy (non-hydrogen) atoms. The maximum Gasteiger partial charge on any atom is 0.276 e. The molecule has 0 radical (unpaired) electrons. The summed E-state index contributed by atoms with van der Waals surface area (Å²) in [6, 6.07) is 13.0. The molecule has 0 amide bonds. The second-order valence-corrected chi connectivity index (χ2v) is 7.44. The Hall–Kier alpha value is -2.21. The molecule has 4 aromatic rings. The molecule has 0 atom stereocenters. The van der Waals surface area contributed by atoms with Gasteiger partial charge in [0.05, 0.1) is 4.53 Å². The van der Waals surface area contributed by atoms with Crippen LogP contribution in [0.5, 0.6) is 0 Å². The topological polar surface area (TPSA) is 47.3 Å². The van der Waals surface area contributed by atoms with Gasteiger partial charge >= 0.3 is 0 Å². The predicted octanol–water partition coefficient (Wildman–Crippen LogP) is 3.98. The summed E-state index contributed by atoms with van der Waals surface area (Å²) >= 11 is 13.4. The molecule has 0 aliphatic carbocycles. The molecule has 0 fully saturated rings. The Balaban J connectivity index is 1.91. The highest BCUT2D eigenvalue weighted by atomic mass is 35.5. The van der Waals surface area contributed by atoms with Crippen LogP contribution in [-0.2, 0) is 0 Å². The smallest absolute Gasteiger partial charge is 0.267 e. The van der Waals surface area contributed by atoms with Crippen molar-refractivity contribution in [2.45, 2.75) is 6.92 Å². The molecule has 0 aliphatic heterocycles. The number of halogens is 2. The van der Waals surface area contributed by atoms with Crippen molar-refractivity contribution in [1.82, 2.24) is 14.6 Å². The van der Waals surface area contributed by atoms with E-state index in [-0.39, 0.29) is 5.56 Å². The van der Waals surface area contributed by atoms with Gasteiger partial charge in [-0.25, -0.2) is 4.40 Å². The molecule has 7 heteroatoms. The zero-order chi connectivity index (χ0) is 17.6. The molecule has 124 valence electrons. The molecule has 4 nitrogen and oxygen atoms in total. The fraction of sp³-hybridized carbons (Fsp3) is 0.0556. The number of benzene rings is 2. The number of hydrogen-bond donors (Lipinski definition) is 0. The lowest BCUT2D eigenvalue weighted by Crippen LogP contribution is -2.23. The highest BCUT2D eigenvalue weighted by Crippen LogP contribution is 2.22. The van der Waals surface area contributed by atoms with Gasteiger partial charge in [-0.3, -0.25) is 4.79 Å². The van der Waals surface area contributed by atoms with Crippen LogP contribution in [0, 0.1) is 6.92 Å². The second kappa shape index (κ2) is 6.26. The fourth-order valence-electron chi connectivity index (χ4n) is 2.51. The Bertz CT molecular complexity index is 1200. The maximum absolute atomic E-state index is 12.8. The Morgan fingerprint density at radius 2 is 1.84 bits per heavy atom. The van der Waals surface area contributed by atoms with Crippen molar-refractivity contribution < 1.29 is 0 Å². The van der Waals surface area contributed by atoms with Crippen molar-refractivity contribution in [3.05, 3.63) is 78.5 Å². The third-order valence-electron chi connectivity index (χ3n) is 3.81. The summed E-state index contributed by atoms with van der Waals surface area (Å²) in [4.78, 5) is 13.4. The molecule has 4 rings (SSSR count). The number of aromatic nitrogens is 3. The average Bonchev–Trinajstić information content (AvgIpc) is 3.12. The van der Waals surface area contributed by atoms with E-state index in [4.69, 9.17) is 23.2 Å². The first-order valence-electron chi connectivity index (χ1n) is 7.45. The van der Waals surface area contributed by atoms with Gasteiger partial charge in [0.15, 0.2) is 5.82 Å². The van der Waals surface area contributed by atoms with Crippen LogP contribution in [0.15, 0.2) is 47.3 Å². The highest BCUT2D eigenvalue weighted by Gasteiger charge is 2.14. The molecule has 2 aromatic heterocycles. The minimum Gasteiger partial charge on any atom is -0.267 e. The van der Waals surface area contributed by atoms with E-state index in [2.05, 4.69) is 10.2 Å². The highest BCUT2D eigenvalue weighted by molar-refractivity contribution is 7.15. The maximum atomic E-state index is 12.8. The van der Waals surface area contributed by atoms with E-state index in [1.165, 1.54) is 15.7 Å². The van der Waals surface area contributed by atoms with Gasteiger partial charge < -0.3 is 0 Å². The molecule has 0 bridgehead atoms. The van der Waals surface area contributed by atoms with Gasteiger partial charge in [0.25, 0.3) is 5.56 Å². The summed E-state index contributed by atoms with van der Waals surface area (Å²) < 4.78 is 2.08. The normalized spacial score (nSPS) is 12.2. The summed E-state index contributed by atoms with van der Waals surface area (Å²) in [5.41, 5.74) is 2.57. The minimum absolute atomic E-state index is 0.161. The van der Waals surface area contributed by atoms with E-state index >= 15 is 0 Å². The lowest BCUT2D eigenvalue weighted by atomic mass is 10.1. The zero-order valence-corrected chi connectivity index (χ0v) is 15.4. The molecule has 2 heterocycles. The van der Waals surface area contributed by atoms with E-state index in [1.54, 1.807) is 24.3 Å². The van der Waals surface area contributed by atoms with Crippen LogP contribution < -0.4 is 10.1 Å². The number of hydrogen-bond acceptors (Lipinski definition) is 4.